The molecule has 0 aliphatic heterocycles. The van der Waals surface area contributed by atoms with Gasteiger partial charge in [0.15, 0.2) is 0 Å². The highest BCUT2D eigenvalue weighted by Crippen LogP contribution is 2.58. The Balaban J connectivity index is 1.53. The van der Waals surface area contributed by atoms with Gasteiger partial charge in [0.25, 0.3) is 0 Å². The van der Waals surface area contributed by atoms with Gasteiger partial charge in [0.05, 0.1) is 0 Å². The van der Waals surface area contributed by atoms with Crippen LogP contribution in [0.2, 0.25) is 0 Å². The molecule has 2 aliphatic rings. The van der Waals surface area contributed by atoms with E-state index in [1.54, 1.807) is 6.20 Å². The van der Waals surface area contributed by atoms with Gasteiger partial charge in [0, 0.05) is 31.3 Å². The Hall–Kier alpha value is -1.12. The highest BCUT2D eigenvalue weighted by atomic mass is 16.1. The summed E-state index contributed by atoms with van der Waals surface area (Å²) in [6.07, 6.45) is 7.30. The Bertz CT molecular complexity index is 400. The second kappa shape index (κ2) is 3.72. The van der Waals surface area contributed by atoms with Gasteiger partial charge < -0.3 is 0 Å². The molecule has 1 aromatic heterocycles. The standard InChI is InChI=1S/C13H18N2O/c1-15-9(7-8-14-15)5-6-12(16)13-10-3-2-4-11(10)13/h7-8,10-11,13H,2-6H2,1H3. The molecule has 1 aromatic rings. The third-order valence-corrected chi connectivity index (χ3v) is 4.33. The summed E-state index contributed by atoms with van der Waals surface area (Å²) in [7, 11) is 1.94. The largest absolute Gasteiger partial charge is 0.299 e. The van der Waals surface area contributed by atoms with Crippen LogP contribution in [0, 0.1) is 17.8 Å². The van der Waals surface area contributed by atoms with E-state index >= 15 is 0 Å². The minimum atomic E-state index is 0.432. The van der Waals surface area contributed by atoms with Crippen LogP contribution in [0.4, 0.5) is 0 Å². The molecule has 2 saturated carbocycles. The van der Waals surface area contributed by atoms with Crippen molar-refractivity contribution < 1.29 is 4.79 Å². The van der Waals surface area contributed by atoms with E-state index in [-0.39, 0.29) is 0 Å². The molecule has 0 saturated heterocycles. The van der Waals surface area contributed by atoms with Gasteiger partial charge in [-0.1, -0.05) is 6.42 Å². The number of Topliss-reactive ketones (excluding diaryl/α,β-unsaturated/α-hetero) is 1. The number of nitrogens with zero attached hydrogens (tertiary/aromatic N) is 2. The summed E-state index contributed by atoms with van der Waals surface area (Å²) < 4.78 is 1.86. The van der Waals surface area contributed by atoms with Crippen molar-refractivity contribution in [3.63, 3.8) is 0 Å². The molecule has 3 rings (SSSR count). The van der Waals surface area contributed by atoms with Gasteiger partial charge in [-0.25, -0.2) is 0 Å². The fourth-order valence-corrected chi connectivity index (χ4v) is 3.36. The molecule has 0 bridgehead atoms. The zero-order valence-electron chi connectivity index (χ0n) is 9.72. The Labute approximate surface area is 95.8 Å². The topological polar surface area (TPSA) is 34.9 Å². The van der Waals surface area contributed by atoms with Crippen LogP contribution in [-0.4, -0.2) is 15.6 Å². The summed E-state index contributed by atoms with van der Waals surface area (Å²) in [5.74, 6) is 2.45. The average molecular weight is 218 g/mol. The lowest BCUT2D eigenvalue weighted by atomic mass is 10.0. The average Bonchev–Trinajstić information content (AvgIpc) is 2.67. The minimum Gasteiger partial charge on any atom is -0.299 e. The maximum absolute atomic E-state index is 12.0. The van der Waals surface area contributed by atoms with E-state index in [1.165, 1.54) is 25.0 Å². The van der Waals surface area contributed by atoms with E-state index in [4.69, 9.17) is 0 Å². The van der Waals surface area contributed by atoms with Gasteiger partial charge in [0.1, 0.15) is 5.78 Å². The van der Waals surface area contributed by atoms with Crippen molar-refractivity contribution in [2.24, 2.45) is 24.8 Å². The first-order valence-electron chi connectivity index (χ1n) is 6.27. The predicted octanol–water partition coefficient (Wildman–Crippen LogP) is 1.97. The highest BCUT2D eigenvalue weighted by Gasteiger charge is 2.55. The molecule has 16 heavy (non-hydrogen) atoms. The second-order valence-electron chi connectivity index (χ2n) is 5.20. The first-order chi connectivity index (χ1) is 7.77. The zero-order chi connectivity index (χ0) is 11.1. The molecular formula is C13H18N2O. The van der Waals surface area contributed by atoms with Gasteiger partial charge >= 0.3 is 0 Å². The molecule has 0 amide bonds. The number of aromatic nitrogens is 2. The van der Waals surface area contributed by atoms with Gasteiger partial charge in [0.2, 0.25) is 0 Å². The highest BCUT2D eigenvalue weighted by molar-refractivity contribution is 5.84. The molecule has 0 aromatic carbocycles. The normalized spacial score (nSPS) is 31.4. The number of aryl methyl sites for hydroxylation is 2. The van der Waals surface area contributed by atoms with Crippen LogP contribution in [0.5, 0.6) is 0 Å². The maximum Gasteiger partial charge on any atom is 0.136 e. The second-order valence-corrected chi connectivity index (χ2v) is 5.20. The van der Waals surface area contributed by atoms with Crippen molar-refractivity contribution in [3.8, 4) is 0 Å². The zero-order valence-corrected chi connectivity index (χ0v) is 9.72. The molecule has 0 radical (unpaired) electrons. The SMILES string of the molecule is Cn1nccc1CCC(=O)C1C2CCCC21. The third-order valence-electron chi connectivity index (χ3n) is 4.33. The number of hydrogen-bond acceptors (Lipinski definition) is 2. The fourth-order valence-electron chi connectivity index (χ4n) is 3.36. The van der Waals surface area contributed by atoms with E-state index < -0.39 is 0 Å². The summed E-state index contributed by atoms with van der Waals surface area (Å²) in [6, 6.07) is 2.00. The first-order valence-corrected chi connectivity index (χ1v) is 6.27. The lowest BCUT2D eigenvalue weighted by Crippen LogP contribution is -2.08. The number of hydrogen-bond donors (Lipinski definition) is 0. The van der Waals surface area contributed by atoms with Crippen molar-refractivity contribution >= 4 is 5.78 Å². The number of ketones is 1. The Morgan fingerprint density at radius 2 is 2.25 bits per heavy atom. The number of rotatable bonds is 4. The van der Waals surface area contributed by atoms with Crippen molar-refractivity contribution in [2.45, 2.75) is 32.1 Å². The van der Waals surface area contributed by atoms with E-state index in [0.717, 1.165) is 18.3 Å². The van der Waals surface area contributed by atoms with Crippen LogP contribution in [0.3, 0.4) is 0 Å². The Morgan fingerprint density at radius 3 is 2.88 bits per heavy atom. The van der Waals surface area contributed by atoms with Crippen LogP contribution < -0.4 is 0 Å². The van der Waals surface area contributed by atoms with Crippen LogP contribution in [0.25, 0.3) is 0 Å². The van der Waals surface area contributed by atoms with Crippen molar-refractivity contribution in [1.29, 1.82) is 0 Å². The summed E-state index contributed by atoms with van der Waals surface area (Å²) in [4.78, 5) is 12.0. The number of carbonyl (C=O) groups is 1. The first kappa shape index (κ1) is 10.1. The summed E-state index contributed by atoms with van der Waals surface area (Å²) in [5.41, 5.74) is 1.17. The van der Waals surface area contributed by atoms with E-state index in [2.05, 4.69) is 5.10 Å². The molecule has 2 fully saturated rings. The van der Waals surface area contributed by atoms with Gasteiger partial charge in [-0.15, -0.1) is 0 Å². The molecule has 2 atom stereocenters. The van der Waals surface area contributed by atoms with Crippen LogP contribution in [-0.2, 0) is 18.3 Å². The molecule has 0 spiro atoms. The number of carbonyl (C=O) groups excluding carboxylic acids is 1. The molecule has 86 valence electrons. The Kier molecular flexibility index (Phi) is 2.34. The monoisotopic (exact) mass is 218 g/mol. The van der Waals surface area contributed by atoms with Crippen molar-refractivity contribution in [1.82, 2.24) is 9.78 Å². The van der Waals surface area contributed by atoms with Gasteiger partial charge in [-0.2, -0.15) is 5.10 Å². The van der Waals surface area contributed by atoms with E-state index in [0.29, 0.717) is 18.1 Å². The Morgan fingerprint density at radius 1 is 1.50 bits per heavy atom. The smallest absolute Gasteiger partial charge is 0.136 e. The van der Waals surface area contributed by atoms with Crippen molar-refractivity contribution in [3.05, 3.63) is 18.0 Å². The van der Waals surface area contributed by atoms with Crippen molar-refractivity contribution in [2.75, 3.05) is 0 Å². The molecule has 1 heterocycles. The van der Waals surface area contributed by atoms with E-state index in [1.807, 2.05) is 17.8 Å². The summed E-state index contributed by atoms with van der Waals surface area (Å²) in [6.45, 7) is 0. The van der Waals surface area contributed by atoms with Crippen LogP contribution in [0.15, 0.2) is 12.3 Å². The quantitative estimate of drug-likeness (QED) is 0.774. The van der Waals surface area contributed by atoms with Gasteiger partial charge in [-0.05, 0) is 37.2 Å². The molecule has 2 unspecified atom stereocenters. The molecule has 0 N–H and O–H groups in total. The molecule has 3 nitrogen and oxygen atoms in total. The van der Waals surface area contributed by atoms with Crippen LogP contribution in [0.1, 0.15) is 31.4 Å². The maximum atomic E-state index is 12.0. The molecule has 3 heteroatoms. The van der Waals surface area contributed by atoms with E-state index in [9.17, 15) is 4.79 Å². The minimum absolute atomic E-state index is 0.432. The fraction of sp³-hybridized carbons (Fsp3) is 0.692. The summed E-state index contributed by atoms with van der Waals surface area (Å²) in [5, 5.41) is 4.12. The van der Waals surface area contributed by atoms with Crippen LogP contribution >= 0.6 is 0 Å². The molecule has 2 aliphatic carbocycles. The number of fused-ring (bicyclic) bond motifs is 1. The predicted molar refractivity (Wildman–Crippen MR) is 60.9 cm³/mol. The lowest BCUT2D eigenvalue weighted by molar-refractivity contribution is -0.121. The lowest BCUT2D eigenvalue weighted by Gasteiger charge is -2.03. The third kappa shape index (κ3) is 1.58. The summed E-state index contributed by atoms with van der Waals surface area (Å²) >= 11 is 0. The van der Waals surface area contributed by atoms with Gasteiger partial charge in [-0.3, -0.25) is 9.48 Å². The molecular weight excluding hydrogens is 200 g/mol.